The van der Waals surface area contributed by atoms with E-state index < -0.39 is 0 Å². The van der Waals surface area contributed by atoms with E-state index in [1.54, 1.807) is 23.5 Å². The fourth-order valence-corrected chi connectivity index (χ4v) is 4.69. The fourth-order valence-electron chi connectivity index (χ4n) is 3.54. The van der Waals surface area contributed by atoms with Gasteiger partial charge in [0, 0.05) is 33.4 Å². The summed E-state index contributed by atoms with van der Waals surface area (Å²) in [4.78, 5) is 20.4. The van der Waals surface area contributed by atoms with Crippen molar-refractivity contribution in [3.63, 3.8) is 0 Å². The molecule has 0 spiro atoms. The molecule has 4 rings (SSSR count). The Hall–Kier alpha value is -3.32. The summed E-state index contributed by atoms with van der Waals surface area (Å²) in [5, 5.41) is 6.97. The second kappa shape index (κ2) is 8.59. The maximum atomic E-state index is 13.9. The van der Waals surface area contributed by atoms with Gasteiger partial charge in [0.05, 0.1) is 5.69 Å². The molecule has 0 unspecified atom stereocenters. The van der Waals surface area contributed by atoms with Gasteiger partial charge >= 0.3 is 0 Å². The van der Waals surface area contributed by atoms with Gasteiger partial charge in [-0.3, -0.25) is 4.79 Å². The number of fused-ring (bicyclic) bond motifs is 1. The minimum atomic E-state index is -0.193. The van der Waals surface area contributed by atoms with Crippen LogP contribution in [-0.2, 0) is 11.2 Å². The van der Waals surface area contributed by atoms with Crippen LogP contribution < -0.4 is 10.6 Å². The van der Waals surface area contributed by atoms with Crippen LogP contribution in [0.4, 0.5) is 15.9 Å². The first kappa shape index (κ1) is 20.0. The van der Waals surface area contributed by atoms with E-state index >= 15 is 0 Å². The van der Waals surface area contributed by atoms with Crippen LogP contribution in [0.1, 0.15) is 16.0 Å². The summed E-state index contributed by atoms with van der Waals surface area (Å²) in [6.07, 6.45) is 2.95. The Morgan fingerprint density at radius 1 is 1.10 bits per heavy atom. The lowest BCUT2D eigenvalue weighted by atomic mass is 10.1. The van der Waals surface area contributed by atoms with Crippen molar-refractivity contribution >= 4 is 39.3 Å². The van der Waals surface area contributed by atoms with Gasteiger partial charge < -0.3 is 10.6 Å². The Kier molecular flexibility index (Phi) is 5.72. The summed E-state index contributed by atoms with van der Waals surface area (Å²) in [5.41, 5.74) is 4.61. The third-order valence-corrected chi connectivity index (χ3v) is 6.30. The number of carbonyl (C=O) groups excluding carboxylic acids is 1. The summed E-state index contributed by atoms with van der Waals surface area (Å²) in [7, 11) is 0. The molecule has 152 valence electrons. The molecule has 4 aromatic rings. The molecule has 7 heteroatoms. The van der Waals surface area contributed by atoms with Crippen LogP contribution in [0.5, 0.6) is 0 Å². The lowest BCUT2D eigenvalue weighted by Crippen LogP contribution is -2.07. The zero-order chi connectivity index (χ0) is 21.1. The number of aryl methyl sites for hydroxylation is 2. The quantitative estimate of drug-likeness (QED) is 0.396. The van der Waals surface area contributed by atoms with Gasteiger partial charge in [-0.25, -0.2) is 14.4 Å². The van der Waals surface area contributed by atoms with Gasteiger partial charge in [-0.05, 0) is 61.0 Å². The maximum Gasteiger partial charge on any atom is 0.211 e. The number of hydrogen-bond acceptors (Lipinski definition) is 5. The molecule has 2 heterocycles. The highest BCUT2D eigenvalue weighted by Gasteiger charge is 2.12. The number of thiophene rings is 1. The Morgan fingerprint density at radius 3 is 2.67 bits per heavy atom. The third kappa shape index (κ3) is 4.16. The van der Waals surface area contributed by atoms with Gasteiger partial charge in [-0.15, -0.1) is 11.3 Å². The van der Waals surface area contributed by atoms with Crippen molar-refractivity contribution in [3.05, 3.63) is 70.6 Å². The number of benzene rings is 2. The lowest BCUT2D eigenvalue weighted by molar-refractivity contribution is -0.105. The minimum Gasteiger partial charge on any atom is -0.370 e. The number of nitrogens with one attached hydrogen (secondary N) is 2. The molecule has 0 aliphatic rings. The molecular formula is C23H21FN4OS. The standard InChI is InChI=1S/C23H21FN4OS/c1-14-9-17(24)10-20-19(15(2)30-23(14)20)7-8-25-22-11-21(26-12-27-22)16-3-5-18(6-4-16)28-13-29/h3-6,9-13H,7-8H2,1-2H3,(H,28,29)(H,25,26,27). The van der Waals surface area contributed by atoms with Crippen LogP contribution >= 0.6 is 11.3 Å². The predicted octanol–water partition coefficient (Wildman–Crippen LogP) is 5.34. The zero-order valence-electron chi connectivity index (χ0n) is 16.7. The second-order valence-corrected chi connectivity index (χ2v) is 8.27. The number of hydrogen-bond donors (Lipinski definition) is 2. The van der Waals surface area contributed by atoms with E-state index in [1.165, 1.54) is 16.8 Å². The Bertz CT molecular complexity index is 1200. The molecule has 30 heavy (non-hydrogen) atoms. The summed E-state index contributed by atoms with van der Waals surface area (Å²) < 4.78 is 15.1. The number of rotatable bonds is 7. The molecule has 0 saturated heterocycles. The van der Waals surface area contributed by atoms with Gasteiger partial charge in [0.2, 0.25) is 6.41 Å². The summed E-state index contributed by atoms with van der Waals surface area (Å²) in [5.74, 6) is 0.538. The maximum absolute atomic E-state index is 13.9. The molecule has 0 radical (unpaired) electrons. The first-order valence-electron chi connectivity index (χ1n) is 9.60. The normalized spacial score (nSPS) is 10.9. The topological polar surface area (TPSA) is 66.9 Å². The molecule has 0 aliphatic heterocycles. The Labute approximate surface area is 178 Å². The van der Waals surface area contributed by atoms with E-state index in [0.717, 1.165) is 44.8 Å². The molecule has 2 aromatic carbocycles. The number of halogens is 1. The molecular weight excluding hydrogens is 399 g/mol. The fraction of sp³-hybridized carbons (Fsp3) is 0.174. The van der Waals surface area contributed by atoms with Crippen molar-refractivity contribution in [2.45, 2.75) is 20.3 Å². The van der Waals surface area contributed by atoms with Crippen molar-refractivity contribution in [2.24, 2.45) is 0 Å². The van der Waals surface area contributed by atoms with Gasteiger partial charge in [0.25, 0.3) is 0 Å². The van der Waals surface area contributed by atoms with Crippen LogP contribution in [0.2, 0.25) is 0 Å². The first-order valence-corrected chi connectivity index (χ1v) is 10.4. The number of carbonyl (C=O) groups is 1. The molecule has 0 saturated carbocycles. The van der Waals surface area contributed by atoms with Gasteiger partial charge in [-0.1, -0.05) is 12.1 Å². The molecule has 2 aromatic heterocycles. The van der Waals surface area contributed by atoms with E-state index in [9.17, 15) is 9.18 Å². The van der Waals surface area contributed by atoms with Crippen LogP contribution in [0.25, 0.3) is 21.3 Å². The lowest BCUT2D eigenvalue weighted by Gasteiger charge is -2.08. The highest BCUT2D eigenvalue weighted by Crippen LogP contribution is 2.34. The number of amides is 1. The molecule has 5 nitrogen and oxygen atoms in total. The van der Waals surface area contributed by atoms with Crippen LogP contribution in [0.15, 0.2) is 48.8 Å². The zero-order valence-corrected chi connectivity index (χ0v) is 17.5. The molecule has 1 amide bonds. The summed E-state index contributed by atoms with van der Waals surface area (Å²) in [6, 6.07) is 12.6. The van der Waals surface area contributed by atoms with Gasteiger partial charge in [0.15, 0.2) is 0 Å². The smallest absolute Gasteiger partial charge is 0.211 e. The van der Waals surface area contributed by atoms with Gasteiger partial charge in [0.1, 0.15) is 18.0 Å². The summed E-state index contributed by atoms with van der Waals surface area (Å²) >= 11 is 1.72. The third-order valence-electron chi connectivity index (χ3n) is 5.00. The van der Waals surface area contributed by atoms with Crippen LogP contribution in [0, 0.1) is 19.7 Å². The van der Waals surface area contributed by atoms with E-state index in [2.05, 4.69) is 27.5 Å². The first-order chi connectivity index (χ1) is 14.5. The second-order valence-electron chi connectivity index (χ2n) is 7.04. The number of aromatic nitrogens is 2. The van der Waals surface area contributed by atoms with E-state index in [4.69, 9.17) is 0 Å². The van der Waals surface area contributed by atoms with Crippen molar-refractivity contribution in [1.82, 2.24) is 9.97 Å². The van der Waals surface area contributed by atoms with Crippen LogP contribution in [-0.4, -0.2) is 22.9 Å². The predicted molar refractivity (Wildman–Crippen MR) is 121 cm³/mol. The number of anilines is 2. The van der Waals surface area contributed by atoms with E-state index in [-0.39, 0.29) is 5.82 Å². The molecule has 2 N–H and O–H groups in total. The molecule has 0 atom stereocenters. The van der Waals surface area contributed by atoms with Gasteiger partial charge in [-0.2, -0.15) is 0 Å². The van der Waals surface area contributed by atoms with E-state index in [1.807, 2.05) is 37.3 Å². The van der Waals surface area contributed by atoms with Crippen molar-refractivity contribution in [1.29, 1.82) is 0 Å². The van der Waals surface area contributed by atoms with Crippen LogP contribution in [0.3, 0.4) is 0 Å². The van der Waals surface area contributed by atoms with Crippen molar-refractivity contribution < 1.29 is 9.18 Å². The highest BCUT2D eigenvalue weighted by molar-refractivity contribution is 7.19. The Balaban J connectivity index is 1.47. The molecule has 0 fully saturated rings. The average molecular weight is 421 g/mol. The minimum absolute atomic E-state index is 0.193. The monoisotopic (exact) mass is 420 g/mol. The molecule has 0 bridgehead atoms. The Morgan fingerprint density at radius 2 is 1.90 bits per heavy atom. The van der Waals surface area contributed by atoms with Crippen molar-refractivity contribution in [3.8, 4) is 11.3 Å². The molecule has 0 aliphatic carbocycles. The SMILES string of the molecule is Cc1sc2c(C)cc(F)cc2c1CCNc1cc(-c2ccc(NC=O)cc2)ncn1. The average Bonchev–Trinajstić information content (AvgIpc) is 3.05. The summed E-state index contributed by atoms with van der Waals surface area (Å²) in [6.45, 7) is 4.72. The van der Waals surface area contributed by atoms with E-state index in [0.29, 0.717) is 13.0 Å². The largest absolute Gasteiger partial charge is 0.370 e. The van der Waals surface area contributed by atoms with Crippen molar-refractivity contribution in [2.75, 3.05) is 17.2 Å². The number of nitrogens with zero attached hydrogens (tertiary/aromatic N) is 2. The highest BCUT2D eigenvalue weighted by atomic mass is 32.1.